The van der Waals surface area contributed by atoms with E-state index in [1.165, 1.54) is 4.31 Å². The molecule has 0 saturated carbocycles. The third kappa shape index (κ3) is 4.09. The first-order chi connectivity index (χ1) is 12.6. The number of ether oxygens (including phenoxy) is 1. The fourth-order valence-electron chi connectivity index (χ4n) is 3.10. The molecule has 0 aliphatic heterocycles. The van der Waals surface area contributed by atoms with E-state index in [1.54, 1.807) is 32.4 Å². The largest absolute Gasteiger partial charge is 0.462 e. The van der Waals surface area contributed by atoms with Crippen LogP contribution in [0.4, 0.5) is 0 Å². The molecule has 2 rings (SSSR count). The third-order valence-corrected chi connectivity index (χ3v) is 6.91. The molecular formula is C20H28N2O4S. The lowest BCUT2D eigenvalue weighted by Gasteiger charge is -2.26. The van der Waals surface area contributed by atoms with Crippen molar-refractivity contribution in [3.8, 4) is 0 Å². The average molecular weight is 393 g/mol. The van der Waals surface area contributed by atoms with Crippen molar-refractivity contribution in [3.05, 3.63) is 52.8 Å². The molecule has 0 aliphatic carbocycles. The molecule has 148 valence electrons. The van der Waals surface area contributed by atoms with Crippen LogP contribution in [0.3, 0.4) is 0 Å². The highest BCUT2D eigenvalue weighted by Gasteiger charge is 2.36. The summed E-state index contributed by atoms with van der Waals surface area (Å²) in [6.07, 6.45) is 0. The number of sulfonamides is 1. The van der Waals surface area contributed by atoms with E-state index in [-0.39, 0.29) is 29.7 Å². The summed E-state index contributed by atoms with van der Waals surface area (Å²) in [5.74, 6) is -0.610. The first kappa shape index (κ1) is 21.2. The predicted octanol–water partition coefficient (Wildman–Crippen LogP) is 3.42. The number of hydrogen-bond donors (Lipinski definition) is 0. The molecule has 0 radical (unpaired) electrons. The van der Waals surface area contributed by atoms with E-state index in [0.717, 1.165) is 5.56 Å². The standard InChI is InChI=1S/C20H28N2O4S/c1-7-26-20(23)18-15(4)21(6)16(5)19(18)27(24,25)22(14(2)3)13-17-11-9-8-10-12-17/h8-12,14H,7,13H2,1-6H3. The van der Waals surface area contributed by atoms with E-state index < -0.39 is 16.0 Å². The van der Waals surface area contributed by atoms with E-state index in [4.69, 9.17) is 4.74 Å². The number of benzene rings is 1. The molecule has 0 atom stereocenters. The van der Waals surface area contributed by atoms with Crippen LogP contribution in [0.2, 0.25) is 0 Å². The summed E-state index contributed by atoms with van der Waals surface area (Å²) in [7, 11) is -2.16. The van der Waals surface area contributed by atoms with Gasteiger partial charge in [-0.1, -0.05) is 30.3 Å². The highest BCUT2D eigenvalue weighted by Crippen LogP contribution is 2.31. The summed E-state index contributed by atoms with van der Waals surface area (Å²) >= 11 is 0. The number of aromatic nitrogens is 1. The molecule has 1 aromatic carbocycles. The van der Waals surface area contributed by atoms with Gasteiger partial charge in [0.2, 0.25) is 10.0 Å². The molecule has 0 spiro atoms. The second-order valence-corrected chi connectivity index (χ2v) is 8.61. The molecule has 27 heavy (non-hydrogen) atoms. The monoisotopic (exact) mass is 392 g/mol. The Morgan fingerprint density at radius 3 is 2.26 bits per heavy atom. The Bertz CT molecular complexity index is 915. The number of carbonyl (C=O) groups excluding carboxylic acids is 1. The van der Waals surface area contributed by atoms with Gasteiger partial charge in [0.25, 0.3) is 0 Å². The summed E-state index contributed by atoms with van der Waals surface area (Å²) in [6.45, 7) is 9.22. The van der Waals surface area contributed by atoms with Crippen molar-refractivity contribution in [2.45, 2.75) is 52.1 Å². The van der Waals surface area contributed by atoms with Crippen LogP contribution in [0.5, 0.6) is 0 Å². The van der Waals surface area contributed by atoms with Crippen LogP contribution in [-0.4, -0.2) is 35.9 Å². The van der Waals surface area contributed by atoms with Crippen LogP contribution in [0.15, 0.2) is 35.2 Å². The normalized spacial score (nSPS) is 12.0. The maximum Gasteiger partial charge on any atom is 0.341 e. The molecule has 0 saturated heterocycles. The molecule has 6 nitrogen and oxygen atoms in total. The zero-order valence-electron chi connectivity index (χ0n) is 16.8. The van der Waals surface area contributed by atoms with Crippen LogP contribution >= 0.6 is 0 Å². The zero-order valence-corrected chi connectivity index (χ0v) is 17.6. The molecule has 0 unspecified atom stereocenters. The molecule has 7 heteroatoms. The molecule has 1 aromatic heterocycles. The Balaban J connectivity index is 2.63. The first-order valence-corrected chi connectivity index (χ1v) is 10.5. The summed E-state index contributed by atoms with van der Waals surface area (Å²) in [5.41, 5.74) is 2.11. The first-order valence-electron chi connectivity index (χ1n) is 9.01. The summed E-state index contributed by atoms with van der Waals surface area (Å²) < 4.78 is 35.5. The maximum atomic E-state index is 13.6. The minimum Gasteiger partial charge on any atom is -0.462 e. The van der Waals surface area contributed by atoms with Crippen LogP contribution in [0, 0.1) is 13.8 Å². The van der Waals surface area contributed by atoms with Gasteiger partial charge < -0.3 is 9.30 Å². The van der Waals surface area contributed by atoms with E-state index in [2.05, 4.69) is 0 Å². The highest BCUT2D eigenvalue weighted by molar-refractivity contribution is 7.89. The lowest BCUT2D eigenvalue weighted by molar-refractivity contribution is 0.0521. The van der Waals surface area contributed by atoms with Crippen LogP contribution < -0.4 is 0 Å². The molecule has 0 N–H and O–H groups in total. The molecule has 0 aliphatic rings. The van der Waals surface area contributed by atoms with Crippen molar-refractivity contribution >= 4 is 16.0 Å². The van der Waals surface area contributed by atoms with Gasteiger partial charge in [-0.2, -0.15) is 4.31 Å². The number of carbonyl (C=O) groups is 1. The van der Waals surface area contributed by atoms with Gasteiger partial charge in [0, 0.05) is 31.0 Å². The number of hydrogen-bond acceptors (Lipinski definition) is 4. The Labute approximate surface area is 161 Å². The van der Waals surface area contributed by atoms with Crippen LogP contribution in [-0.2, 0) is 28.4 Å². The number of esters is 1. The SMILES string of the molecule is CCOC(=O)c1c(S(=O)(=O)N(Cc2ccccc2)C(C)C)c(C)n(C)c1C. The van der Waals surface area contributed by atoms with E-state index in [0.29, 0.717) is 11.4 Å². The quantitative estimate of drug-likeness (QED) is 0.677. The minimum atomic E-state index is -3.91. The van der Waals surface area contributed by atoms with Crippen molar-refractivity contribution in [1.82, 2.24) is 8.87 Å². The third-order valence-electron chi connectivity index (χ3n) is 4.73. The Kier molecular flexibility index (Phi) is 6.49. The fourth-order valence-corrected chi connectivity index (χ4v) is 5.21. The second kappa shape index (κ2) is 8.27. The smallest absolute Gasteiger partial charge is 0.341 e. The van der Waals surface area contributed by atoms with Gasteiger partial charge in [-0.3, -0.25) is 0 Å². The zero-order chi connectivity index (χ0) is 20.4. The van der Waals surface area contributed by atoms with E-state index in [9.17, 15) is 13.2 Å². The van der Waals surface area contributed by atoms with Crippen molar-refractivity contribution in [1.29, 1.82) is 0 Å². The fraction of sp³-hybridized carbons (Fsp3) is 0.450. The average Bonchev–Trinajstić information content (AvgIpc) is 2.85. The van der Waals surface area contributed by atoms with E-state index in [1.807, 2.05) is 44.2 Å². The highest BCUT2D eigenvalue weighted by atomic mass is 32.2. The summed E-state index contributed by atoms with van der Waals surface area (Å²) in [4.78, 5) is 12.6. The number of rotatable bonds is 7. The van der Waals surface area contributed by atoms with Gasteiger partial charge in [0.1, 0.15) is 10.5 Å². The Hall–Kier alpha value is -2.12. The lowest BCUT2D eigenvalue weighted by Crippen LogP contribution is -2.37. The summed E-state index contributed by atoms with van der Waals surface area (Å²) in [6, 6.07) is 9.15. The van der Waals surface area contributed by atoms with Gasteiger partial charge in [0.05, 0.1) is 6.61 Å². The van der Waals surface area contributed by atoms with Gasteiger partial charge in [-0.15, -0.1) is 0 Å². The Morgan fingerprint density at radius 2 is 1.74 bits per heavy atom. The van der Waals surface area contributed by atoms with E-state index >= 15 is 0 Å². The lowest BCUT2D eigenvalue weighted by atomic mass is 10.2. The van der Waals surface area contributed by atoms with Crippen molar-refractivity contribution in [2.75, 3.05) is 6.61 Å². The maximum absolute atomic E-state index is 13.6. The number of nitrogens with zero attached hydrogens (tertiary/aromatic N) is 2. The molecule has 2 aromatic rings. The molecule has 0 bridgehead atoms. The van der Waals surface area contributed by atoms with Gasteiger partial charge >= 0.3 is 5.97 Å². The van der Waals surface area contributed by atoms with Gasteiger partial charge in [0.15, 0.2) is 0 Å². The molecule has 0 amide bonds. The van der Waals surface area contributed by atoms with Crippen molar-refractivity contribution in [2.24, 2.45) is 7.05 Å². The predicted molar refractivity (Wildman–Crippen MR) is 105 cm³/mol. The minimum absolute atomic E-state index is 0.0329. The molecule has 1 heterocycles. The van der Waals surface area contributed by atoms with Crippen LogP contribution in [0.25, 0.3) is 0 Å². The topological polar surface area (TPSA) is 68.6 Å². The Morgan fingerprint density at radius 1 is 1.15 bits per heavy atom. The molecular weight excluding hydrogens is 364 g/mol. The van der Waals surface area contributed by atoms with Crippen molar-refractivity contribution < 1.29 is 17.9 Å². The molecule has 0 fully saturated rings. The summed E-state index contributed by atoms with van der Waals surface area (Å²) in [5, 5.41) is 0. The second-order valence-electron chi connectivity index (χ2n) is 6.78. The van der Waals surface area contributed by atoms with Crippen LogP contribution in [0.1, 0.15) is 48.1 Å². The van der Waals surface area contributed by atoms with Crippen molar-refractivity contribution in [3.63, 3.8) is 0 Å². The van der Waals surface area contributed by atoms with Gasteiger partial charge in [-0.05, 0) is 40.2 Å². The van der Waals surface area contributed by atoms with Gasteiger partial charge in [-0.25, -0.2) is 13.2 Å².